The van der Waals surface area contributed by atoms with Gasteiger partial charge in [-0.3, -0.25) is 5.01 Å². The SMILES string of the molecule is CNc1c(N(N)Cc2ccc(OC)cc2)nc(Cl)nc1N1CC[C@H](O)C1. The second-order valence-electron chi connectivity index (χ2n) is 6.13. The highest BCUT2D eigenvalue weighted by Gasteiger charge is 2.27. The van der Waals surface area contributed by atoms with E-state index in [4.69, 9.17) is 22.2 Å². The summed E-state index contributed by atoms with van der Waals surface area (Å²) in [6, 6.07) is 7.65. The standard InChI is InChI=1S/C17H23ClN6O2/c1-20-14-15(23-8-7-12(25)10-23)21-17(18)22-16(14)24(19)9-11-3-5-13(26-2)6-4-11/h3-6,12,20,25H,7-10,19H2,1-2H3/t12-/m0/s1. The molecule has 3 rings (SSSR count). The monoisotopic (exact) mass is 378 g/mol. The van der Waals surface area contributed by atoms with Crippen molar-refractivity contribution in [2.45, 2.75) is 19.1 Å². The number of halogens is 1. The van der Waals surface area contributed by atoms with Crippen LogP contribution in [0.1, 0.15) is 12.0 Å². The summed E-state index contributed by atoms with van der Waals surface area (Å²) in [5.41, 5.74) is 1.68. The van der Waals surface area contributed by atoms with Gasteiger partial charge in [0.2, 0.25) is 5.28 Å². The van der Waals surface area contributed by atoms with Gasteiger partial charge in [0, 0.05) is 20.1 Å². The summed E-state index contributed by atoms with van der Waals surface area (Å²) >= 11 is 6.14. The number of anilines is 3. The molecular weight excluding hydrogens is 356 g/mol. The average Bonchev–Trinajstić information content (AvgIpc) is 3.08. The molecule has 1 aromatic heterocycles. The molecule has 26 heavy (non-hydrogen) atoms. The Kier molecular flexibility index (Phi) is 5.65. The maximum absolute atomic E-state index is 9.83. The van der Waals surface area contributed by atoms with Crippen molar-refractivity contribution in [1.29, 1.82) is 0 Å². The summed E-state index contributed by atoms with van der Waals surface area (Å²) in [6.45, 7) is 1.64. The number of benzene rings is 1. The number of β-amino-alcohol motifs (C(OH)–C–C–N with tert-alkyl or cyclic N) is 1. The van der Waals surface area contributed by atoms with Gasteiger partial charge in [0.15, 0.2) is 11.6 Å². The number of methoxy groups -OCH3 is 1. The van der Waals surface area contributed by atoms with Gasteiger partial charge in [-0.15, -0.1) is 0 Å². The van der Waals surface area contributed by atoms with Gasteiger partial charge in [-0.25, -0.2) is 5.84 Å². The Hall–Kier alpha value is -2.29. The number of hydrazine groups is 1. The van der Waals surface area contributed by atoms with Crippen LogP contribution in [0.4, 0.5) is 17.3 Å². The predicted molar refractivity (Wildman–Crippen MR) is 103 cm³/mol. The van der Waals surface area contributed by atoms with Crippen molar-refractivity contribution in [2.24, 2.45) is 5.84 Å². The van der Waals surface area contributed by atoms with Gasteiger partial charge in [0.25, 0.3) is 0 Å². The van der Waals surface area contributed by atoms with E-state index in [9.17, 15) is 5.11 Å². The molecular formula is C17H23ClN6O2. The van der Waals surface area contributed by atoms with Crippen LogP contribution in [0.25, 0.3) is 0 Å². The van der Waals surface area contributed by atoms with Crippen molar-refractivity contribution in [3.63, 3.8) is 0 Å². The van der Waals surface area contributed by atoms with Crippen molar-refractivity contribution < 1.29 is 9.84 Å². The lowest BCUT2D eigenvalue weighted by Crippen LogP contribution is -2.33. The van der Waals surface area contributed by atoms with E-state index in [1.54, 1.807) is 14.2 Å². The van der Waals surface area contributed by atoms with E-state index in [1.165, 1.54) is 5.01 Å². The molecule has 1 saturated heterocycles. The fourth-order valence-electron chi connectivity index (χ4n) is 3.01. The van der Waals surface area contributed by atoms with Gasteiger partial charge >= 0.3 is 0 Å². The Morgan fingerprint density at radius 2 is 2.12 bits per heavy atom. The number of hydrogen-bond acceptors (Lipinski definition) is 8. The van der Waals surface area contributed by atoms with Gasteiger partial charge in [-0.2, -0.15) is 9.97 Å². The summed E-state index contributed by atoms with van der Waals surface area (Å²) in [5, 5.41) is 14.6. The molecule has 0 bridgehead atoms. The van der Waals surface area contributed by atoms with Crippen molar-refractivity contribution in [3.05, 3.63) is 35.1 Å². The van der Waals surface area contributed by atoms with Crippen LogP contribution in [0.15, 0.2) is 24.3 Å². The van der Waals surface area contributed by atoms with E-state index >= 15 is 0 Å². The lowest BCUT2D eigenvalue weighted by molar-refractivity contribution is 0.198. The maximum Gasteiger partial charge on any atom is 0.226 e. The third kappa shape index (κ3) is 3.92. The number of nitrogens with two attached hydrogens (primary N) is 1. The highest BCUT2D eigenvalue weighted by atomic mass is 35.5. The lowest BCUT2D eigenvalue weighted by Gasteiger charge is -2.25. The quantitative estimate of drug-likeness (QED) is 0.396. The summed E-state index contributed by atoms with van der Waals surface area (Å²) in [7, 11) is 3.41. The number of ether oxygens (including phenoxy) is 1. The van der Waals surface area contributed by atoms with Crippen LogP contribution in [-0.2, 0) is 6.54 Å². The first kappa shape index (κ1) is 18.5. The molecule has 0 spiro atoms. The van der Waals surface area contributed by atoms with Gasteiger partial charge < -0.3 is 20.1 Å². The predicted octanol–water partition coefficient (Wildman–Crippen LogP) is 1.63. The smallest absolute Gasteiger partial charge is 0.226 e. The van der Waals surface area contributed by atoms with Gasteiger partial charge in [0.1, 0.15) is 11.4 Å². The Morgan fingerprint density at radius 3 is 2.69 bits per heavy atom. The minimum absolute atomic E-state index is 0.112. The zero-order chi connectivity index (χ0) is 18.7. The first-order valence-electron chi connectivity index (χ1n) is 8.35. The summed E-state index contributed by atoms with van der Waals surface area (Å²) in [6.07, 6.45) is 0.323. The van der Waals surface area contributed by atoms with Crippen LogP contribution < -0.4 is 25.8 Å². The number of nitrogens with one attached hydrogen (secondary N) is 1. The van der Waals surface area contributed by atoms with Gasteiger partial charge in [-0.05, 0) is 35.7 Å². The third-order valence-electron chi connectivity index (χ3n) is 4.34. The Morgan fingerprint density at radius 1 is 1.38 bits per heavy atom. The molecule has 0 saturated carbocycles. The number of rotatable bonds is 6. The summed E-state index contributed by atoms with van der Waals surface area (Å²) in [5.74, 6) is 8.21. The lowest BCUT2D eigenvalue weighted by atomic mass is 10.2. The molecule has 0 amide bonds. The summed E-state index contributed by atoms with van der Waals surface area (Å²) < 4.78 is 5.17. The Balaban J connectivity index is 1.88. The molecule has 1 fully saturated rings. The molecule has 140 valence electrons. The van der Waals surface area contributed by atoms with E-state index in [0.29, 0.717) is 43.4 Å². The van der Waals surface area contributed by atoms with Gasteiger partial charge in [0.05, 0.1) is 19.8 Å². The van der Waals surface area contributed by atoms with Crippen LogP contribution >= 0.6 is 11.6 Å². The molecule has 1 aromatic carbocycles. The van der Waals surface area contributed by atoms with E-state index in [2.05, 4.69) is 15.3 Å². The molecule has 0 aliphatic carbocycles. The fourth-order valence-corrected chi connectivity index (χ4v) is 3.17. The van der Waals surface area contributed by atoms with Crippen molar-refractivity contribution >= 4 is 28.9 Å². The maximum atomic E-state index is 9.83. The molecule has 0 unspecified atom stereocenters. The normalized spacial score (nSPS) is 16.7. The largest absolute Gasteiger partial charge is 0.497 e. The highest BCUT2D eigenvalue weighted by Crippen LogP contribution is 2.35. The Bertz CT molecular complexity index is 758. The number of nitrogens with zero attached hydrogens (tertiary/aromatic N) is 4. The molecule has 2 aromatic rings. The fraction of sp³-hybridized carbons (Fsp3) is 0.412. The van der Waals surface area contributed by atoms with Crippen LogP contribution in [0.5, 0.6) is 5.75 Å². The van der Waals surface area contributed by atoms with Crippen molar-refractivity contribution in [1.82, 2.24) is 9.97 Å². The van der Waals surface area contributed by atoms with Gasteiger partial charge in [-0.1, -0.05) is 12.1 Å². The minimum atomic E-state index is -0.370. The topological polar surface area (TPSA) is 99.8 Å². The van der Waals surface area contributed by atoms with Crippen LogP contribution in [0.3, 0.4) is 0 Å². The number of aliphatic hydroxyl groups is 1. The van der Waals surface area contributed by atoms with Crippen LogP contribution in [0, 0.1) is 0 Å². The first-order chi connectivity index (χ1) is 12.5. The van der Waals surface area contributed by atoms with E-state index in [-0.39, 0.29) is 11.4 Å². The second-order valence-corrected chi connectivity index (χ2v) is 6.47. The molecule has 2 heterocycles. The molecule has 1 atom stereocenters. The molecule has 0 radical (unpaired) electrons. The summed E-state index contributed by atoms with van der Waals surface area (Å²) in [4.78, 5) is 10.6. The average molecular weight is 379 g/mol. The molecule has 9 heteroatoms. The second kappa shape index (κ2) is 7.94. The van der Waals surface area contributed by atoms with Crippen LogP contribution in [-0.4, -0.2) is 48.4 Å². The van der Waals surface area contributed by atoms with Crippen molar-refractivity contribution in [2.75, 3.05) is 42.5 Å². The zero-order valence-corrected chi connectivity index (χ0v) is 15.6. The van der Waals surface area contributed by atoms with Crippen LogP contribution in [0.2, 0.25) is 5.28 Å². The van der Waals surface area contributed by atoms with E-state index in [1.807, 2.05) is 29.2 Å². The number of hydrogen-bond donors (Lipinski definition) is 3. The van der Waals surface area contributed by atoms with E-state index < -0.39 is 0 Å². The van der Waals surface area contributed by atoms with Crippen molar-refractivity contribution in [3.8, 4) is 5.75 Å². The number of aliphatic hydroxyl groups excluding tert-OH is 1. The van der Waals surface area contributed by atoms with E-state index in [0.717, 1.165) is 11.3 Å². The molecule has 1 aliphatic rings. The molecule has 8 nitrogen and oxygen atoms in total. The molecule has 4 N–H and O–H groups in total. The highest BCUT2D eigenvalue weighted by molar-refractivity contribution is 6.28. The zero-order valence-electron chi connectivity index (χ0n) is 14.8. The third-order valence-corrected chi connectivity index (χ3v) is 4.51. The number of aromatic nitrogens is 2. The Labute approximate surface area is 157 Å². The minimum Gasteiger partial charge on any atom is -0.497 e. The molecule has 1 aliphatic heterocycles. The first-order valence-corrected chi connectivity index (χ1v) is 8.73.